The molecule has 0 aliphatic rings. The summed E-state index contributed by atoms with van der Waals surface area (Å²) in [4.78, 5) is 11.2. The van der Waals surface area contributed by atoms with Crippen LogP contribution in [0.1, 0.15) is 0 Å². The lowest BCUT2D eigenvalue weighted by Crippen LogP contribution is -2.12. The molecule has 0 radical (unpaired) electrons. The van der Waals surface area contributed by atoms with Crippen LogP contribution < -0.4 is 5.32 Å². The molecule has 1 heterocycles. The number of aromatic nitrogens is 2. The van der Waals surface area contributed by atoms with E-state index >= 15 is 0 Å². The molecular weight excluding hydrogens is 238 g/mol. The van der Waals surface area contributed by atoms with Crippen molar-refractivity contribution in [1.29, 1.82) is 0 Å². The van der Waals surface area contributed by atoms with E-state index in [2.05, 4.69) is 10.4 Å². The SMILES string of the molecule is Cn1cc(-c2cccc(NC(=O)CCl)c2)cn1. The van der Waals surface area contributed by atoms with Gasteiger partial charge in [0.05, 0.1) is 6.20 Å². The van der Waals surface area contributed by atoms with Gasteiger partial charge in [0.15, 0.2) is 0 Å². The molecule has 1 N–H and O–H groups in total. The first-order valence-corrected chi connectivity index (χ1v) is 5.67. The number of nitrogens with zero attached hydrogens (tertiary/aromatic N) is 2. The van der Waals surface area contributed by atoms with E-state index < -0.39 is 0 Å². The van der Waals surface area contributed by atoms with Crippen molar-refractivity contribution in [2.24, 2.45) is 7.05 Å². The third kappa shape index (κ3) is 2.85. The van der Waals surface area contributed by atoms with Crippen LogP contribution in [0.15, 0.2) is 36.7 Å². The zero-order chi connectivity index (χ0) is 12.3. The minimum absolute atomic E-state index is 0.0445. The lowest BCUT2D eigenvalue weighted by molar-refractivity contribution is -0.113. The Morgan fingerprint density at radius 3 is 2.94 bits per heavy atom. The van der Waals surface area contributed by atoms with Crippen molar-refractivity contribution in [3.05, 3.63) is 36.7 Å². The Balaban J connectivity index is 2.25. The van der Waals surface area contributed by atoms with Crippen LogP contribution in [0.3, 0.4) is 0 Å². The fourth-order valence-corrected chi connectivity index (χ4v) is 1.61. The molecule has 0 spiro atoms. The molecule has 17 heavy (non-hydrogen) atoms. The van der Waals surface area contributed by atoms with Crippen molar-refractivity contribution in [2.75, 3.05) is 11.2 Å². The monoisotopic (exact) mass is 249 g/mol. The molecule has 2 rings (SSSR count). The number of rotatable bonds is 3. The molecule has 4 nitrogen and oxygen atoms in total. The highest BCUT2D eigenvalue weighted by atomic mass is 35.5. The van der Waals surface area contributed by atoms with Gasteiger partial charge in [0.25, 0.3) is 0 Å². The highest BCUT2D eigenvalue weighted by Gasteiger charge is 2.03. The highest BCUT2D eigenvalue weighted by Crippen LogP contribution is 2.21. The molecule has 0 saturated heterocycles. The average Bonchev–Trinajstić information content (AvgIpc) is 2.76. The van der Waals surface area contributed by atoms with E-state index in [1.807, 2.05) is 37.5 Å². The van der Waals surface area contributed by atoms with E-state index in [0.29, 0.717) is 0 Å². The van der Waals surface area contributed by atoms with E-state index in [4.69, 9.17) is 11.6 Å². The summed E-state index contributed by atoms with van der Waals surface area (Å²) in [5.74, 6) is -0.257. The topological polar surface area (TPSA) is 46.9 Å². The highest BCUT2D eigenvalue weighted by molar-refractivity contribution is 6.29. The molecule has 0 unspecified atom stereocenters. The molecule has 0 aliphatic heterocycles. The molecular formula is C12H12ClN3O. The van der Waals surface area contributed by atoms with Crippen LogP contribution in [0.5, 0.6) is 0 Å². The Morgan fingerprint density at radius 2 is 2.29 bits per heavy atom. The lowest BCUT2D eigenvalue weighted by atomic mass is 10.1. The van der Waals surface area contributed by atoms with Crippen molar-refractivity contribution in [1.82, 2.24) is 9.78 Å². The first-order chi connectivity index (χ1) is 8.19. The number of hydrogen-bond acceptors (Lipinski definition) is 2. The molecule has 0 aliphatic carbocycles. The number of anilines is 1. The Morgan fingerprint density at radius 1 is 1.47 bits per heavy atom. The first kappa shape index (κ1) is 11.7. The van der Waals surface area contributed by atoms with Gasteiger partial charge in [-0.3, -0.25) is 9.48 Å². The van der Waals surface area contributed by atoms with Gasteiger partial charge in [0.1, 0.15) is 5.88 Å². The second-order valence-corrected chi connectivity index (χ2v) is 3.93. The third-order valence-electron chi connectivity index (χ3n) is 2.31. The molecule has 5 heteroatoms. The largest absolute Gasteiger partial charge is 0.325 e. The van der Waals surface area contributed by atoms with Crippen molar-refractivity contribution < 1.29 is 4.79 Å². The summed E-state index contributed by atoms with van der Waals surface area (Å²) < 4.78 is 1.74. The molecule has 0 fully saturated rings. The fraction of sp³-hybridized carbons (Fsp3) is 0.167. The van der Waals surface area contributed by atoms with Gasteiger partial charge in [-0.05, 0) is 17.7 Å². The zero-order valence-electron chi connectivity index (χ0n) is 9.35. The van der Waals surface area contributed by atoms with Crippen molar-refractivity contribution in [3.8, 4) is 11.1 Å². The number of aryl methyl sites for hydroxylation is 1. The normalized spacial score (nSPS) is 10.2. The molecule has 88 valence electrons. The second kappa shape index (κ2) is 5.01. The minimum atomic E-state index is -0.213. The van der Waals surface area contributed by atoms with Crippen LogP contribution in [0.4, 0.5) is 5.69 Å². The first-order valence-electron chi connectivity index (χ1n) is 5.14. The molecule has 0 atom stereocenters. The second-order valence-electron chi connectivity index (χ2n) is 3.67. The number of alkyl halides is 1. The number of hydrogen-bond donors (Lipinski definition) is 1. The average molecular weight is 250 g/mol. The summed E-state index contributed by atoms with van der Waals surface area (Å²) in [5.41, 5.74) is 2.75. The van der Waals surface area contributed by atoms with E-state index in [1.54, 1.807) is 10.9 Å². The lowest BCUT2D eigenvalue weighted by Gasteiger charge is -2.04. The Labute approximate surface area is 104 Å². The van der Waals surface area contributed by atoms with Gasteiger partial charge < -0.3 is 5.32 Å². The summed E-state index contributed by atoms with van der Waals surface area (Å²) >= 11 is 5.44. The van der Waals surface area contributed by atoms with Crippen LogP contribution in [0.25, 0.3) is 11.1 Å². The Kier molecular flexibility index (Phi) is 3.44. The molecule has 2 aromatic rings. The van der Waals surface area contributed by atoms with Gasteiger partial charge in [0, 0.05) is 24.5 Å². The molecule has 1 amide bonds. The predicted molar refractivity (Wildman–Crippen MR) is 68.0 cm³/mol. The summed E-state index contributed by atoms with van der Waals surface area (Å²) in [6.45, 7) is 0. The maximum Gasteiger partial charge on any atom is 0.239 e. The summed E-state index contributed by atoms with van der Waals surface area (Å²) in [7, 11) is 1.86. The van der Waals surface area contributed by atoms with Crippen LogP contribution >= 0.6 is 11.6 Å². The van der Waals surface area contributed by atoms with Crippen molar-refractivity contribution >= 4 is 23.2 Å². The standard InChI is InChI=1S/C12H12ClN3O/c1-16-8-10(7-14-16)9-3-2-4-11(5-9)15-12(17)6-13/h2-5,7-8H,6H2,1H3,(H,15,17). The Hall–Kier alpha value is -1.81. The Bertz CT molecular complexity index is 536. The third-order valence-corrected chi connectivity index (χ3v) is 2.55. The number of carbonyl (C=O) groups excluding carboxylic acids is 1. The number of benzene rings is 1. The van der Waals surface area contributed by atoms with Gasteiger partial charge >= 0.3 is 0 Å². The van der Waals surface area contributed by atoms with Crippen LogP contribution in [-0.2, 0) is 11.8 Å². The van der Waals surface area contributed by atoms with Gasteiger partial charge in [-0.25, -0.2) is 0 Å². The maximum absolute atomic E-state index is 11.2. The van der Waals surface area contributed by atoms with Crippen molar-refractivity contribution in [2.45, 2.75) is 0 Å². The van der Waals surface area contributed by atoms with Crippen molar-refractivity contribution in [3.63, 3.8) is 0 Å². The summed E-state index contributed by atoms with van der Waals surface area (Å²) in [6, 6.07) is 7.56. The number of nitrogens with one attached hydrogen (secondary N) is 1. The number of halogens is 1. The predicted octanol–water partition coefficient (Wildman–Crippen LogP) is 2.26. The molecule has 1 aromatic heterocycles. The summed E-state index contributed by atoms with van der Waals surface area (Å²) in [6.07, 6.45) is 3.70. The minimum Gasteiger partial charge on any atom is -0.325 e. The molecule has 0 saturated carbocycles. The van der Waals surface area contributed by atoms with E-state index in [9.17, 15) is 4.79 Å². The van der Waals surface area contributed by atoms with Crippen LogP contribution in [0.2, 0.25) is 0 Å². The zero-order valence-corrected chi connectivity index (χ0v) is 10.1. The smallest absolute Gasteiger partial charge is 0.239 e. The number of carbonyl (C=O) groups is 1. The molecule has 1 aromatic carbocycles. The van der Waals surface area contributed by atoms with Gasteiger partial charge in [0.2, 0.25) is 5.91 Å². The van der Waals surface area contributed by atoms with E-state index in [1.165, 1.54) is 0 Å². The maximum atomic E-state index is 11.2. The number of amides is 1. The van der Waals surface area contributed by atoms with Gasteiger partial charge in [-0.15, -0.1) is 11.6 Å². The van der Waals surface area contributed by atoms with Crippen LogP contribution in [-0.4, -0.2) is 21.6 Å². The van der Waals surface area contributed by atoms with E-state index in [-0.39, 0.29) is 11.8 Å². The molecule has 0 bridgehead atoms. The van der Waals surface area contributed by atoms with Gasteiger partial charge in [-0.2, -0.15) is 5.10 Å². The quantitative estimate of drug-likeness (QED) is 0.849. The van der Waals surface area contributed by atoms with Crippen LogP contribution in [0, 0.1) is 0 Å². The van der Waals surface area contributed by atoms with Gasteiger partial charge in [-0.1, -0.05) is 12.1 Å². The summed E-state index contributed by atoms with van der Waals surface area (Å²) in [5, 5.41) is 6.82. The fourth-order valence-electron chi connectivity index (χ4n) is 1.54. The van der Waals surface area contributed by atoms with E-state index in [0.717, 1.165) is 16.8 Å².